The minimum atomic E-state index is -1.27. The third kappa shape index (κ3) is 2.39. The number of aliphatic hydroxyl groups is 2. The van der Waals surface area contributed by atoms with Gasteiger partial charge in [0.2, 0.25) is 5.43 Å². The molecule has 5 rings (SSSR count). The number of hydrogen-bond donors (Lipinski definition) is 2. The van der Waals surface area contributed by atoms with E-state index in [0.717, 1.165) is 10.8 Å². The fourth-order valence-corrected chi connectivity index (χ4v) is 4.16. The highest BCUT2D eigenvalue weighted by atomic mass is 16.5. The second kappa shape index (κ2) is 5.95. The van der Waals surface area contributed by atoms with Crippen molar-refractivity contribution < 1.29 is 24.1 Å². The standard InChI is InChI=1S/C23H20O6/c1-23(2)22(26)20(25)18-15(29-23)10-14(27-3)17-19(24)16-12-7-5-4-6-11(12)8-9-13(16)28-21(17)18/h4-10,20,22,25-26H,1-3H3/t20-,22-/m1/s1. The highest BCUT2D eigenvalue weighted by molar-refractivity contribution is 6.09. The molecule has 0 aliphatic carbocycles. The molecule has 3 aromatic carbocycles. The maximum absolute atomic E-state index is 13.6. The van der Waals surface area contributed by atoms with Crippen molar-refractivity contribution in [3.05, 3.63) is 58.3 Å². The molecule has 0 saturated carbocycles. The Labute approximate surface area is 165 Å². The van der Waals surface area contributed by atoms with E-state index in [9.17, 15) is 15.0 Å². The van der Waals surface area contributed by atoms with Crippen LogP contribution in [0.3, 0.4) is 0 Å². The second-order valence-electron chi connectivity index (χ2n) is 7.88. The predicted molar refractivity (Wildman–Crippen MR) is 110 cm³/mol. The molecule has 29 heavy (non-hydrogen) atoms. The normalized spacial score (nSPS) is 20.6. The first kappa shape index (κ1) is 18.0. The molecule has 0 radical (unpaired) electrons. The fraction of sp³-hybridized carbons (Fsp3) is 0.261. The van der Waals surface area contributed by atoms with Crippen LogP contribution in [-0.2, 0) is 0 Å². The molecule has 2 heterocycles. The van der Waals surface area contributed by atoms with Gasteiger partial charge in [0.05, 0.1) is 18.1 Å². The Hall–Kier alpha value is -3.09. The number of hydrogen-bond acceptors (Lipinski definition) is 6. The quantitative estimate of drug-likeness (QED) is 0.380. The Morgan fingerprint density at radius 2 is 1.83 bits per heavy atom. The number of methoxy groups -OCH3 is 1. The SMILES string of the molecule is COc1cc2c(c3oc4ccc5ccccc5c4c(=O)c13)[C@@H](O)[C@@H](O)C(C)(C)O2. The van der Waals surface area contributed by atoms with Crippen LogP contribution >= 0.6 is 0 Å². The molecule has 6 nitrogen and oxygen atoms in total. The van der Waals surface area contributed by atoms with Crippen molar-refractivity contribution in [3.63, 3.8) is 0 Å². The predicted octanol–water partition coefficient (Wildman–Crippen LogP) is 3.67. The van der Waals surface area contributed by atoms with Crippen LogP contribution in [-0.4, -0.2) is 29.0 Å². The Kier molecular flexibility index (Phi) is 3.69. The highest BCUT2D eigenvalue weighted by Gasteiger charge is 2.44. The number of aliphatic hydroxyl groups excluding tert-OH is 2. The minimum Gasteiger partial charge on any atom is -0.496 e. The van der Waals surface area contributed by atoms with Gasteiger partial charge in [-0.2, -0.15) is 0 Å². The molecule has 148 valence electrons. The van der Waals surface area contributed by atoms with Gasteiger partial charge in [0, 0.05) is 6.07 Å². The van der Waals surface area contributed by atoms with Gasteiger partial charge in [0.25, 0.3) is 0 Å². The molecule has 0 fully saturated rings. The molecule has 2 atom stereocenters. The first-order valence-corrected chi connectivity index (χ1v) is 9.38. The van der Waals surface area contributed by atoms with E-state index in [4.69, 9.17) is 13.9 Å². The summed E-state index contributed by atoms with van der Waals surface area (Å²) in [7, 11) is 1.47. The molecule has 1 aromatic heterocycles. The third-order valence-electron chi connectivity index (χ3n) is 5.70. The van der Waals surface area contributed by atoms with E-state index in [1.165, 1.54) is 7.11 Å². The summed E-state index contributed by atoms with van der Waals surface area (Å²) in [5.74, 6) is 0.613. The van der Waals surface area contributed by atoms with Crippen molar-refractivity contribution in [2.75, 3.05) is 7.11 Å². The lowest BCUT2D eigenvalue weighted by Gasteiger charge is -2.40. The van der Waals surface area contributed by atoms with Crippen LogP contribution in [0.1, 0.15) is 25.5 Å². The van der Waals surface area contributed by atoms with Gasteiger partial charge in [-0.05, 0) is 30.7 Å². The molecule has 0 saturated heterocycles. The van der Waals surface area contributed by atoms with Crippen molar-refractivity contribution in [3.8, 4) is 11.5 Å². The Bertz CT molecular complexity index is 1350. The molecular weight excluding hydrogens is 372 g/mol. The Morgan fingerprint density at radius 3 is 2.59 bits per heavy atom. The topological polar surface area (TPSA) is 89.1 Å². The largest absolute Gasteiger partial charge is 0.496 e. The molecule has 1 aliphatic heterocycles. The first-order chi connectivity index (χ1) is 13.8. The van der Waals surface area contributed by atoms with E-state index in [-0.39, 0.29) is 22.0 Å². The van der Waals surface area contributed by atoms with Crippen LogP contribution in [0, 0.1) is 0 Å². The van der Waals surface area contributed by atoms with Crippen molar-refractivity contribution in [1.29, 1.82) is 0 Å². The smallest absolute Gasteiger partial charge is 0.204 e. The lowest BCUT2D eigenvalue weighted by molar-refractivity contribution is -0.111. The molecular formula is C23H20O6. The maximum Gasteiger partial charge on any atom is 0.204 e. The molecule has 2 N–H and O–H groups in total. The Balaban J connectivity index is 1.98. The first-order valence-electron chi connectivity index (χ1n) is 9.38. The number of rotatable bonds is 1. The zero-order valence-electron chi connectivity index (χ0n) is 16.2. The lowest BCUT2D eigenvalue weighted by atomic mass is 9.87. The average Bonchev–Trinajstić information content (AvgIpc) is 2.70. The number of benzene rings is 3. The Morgan fingerprint density at radius 1 is 1.07 bits per heavy atom. The molecule has 0 unspecified atom stereocenters. The van der Waals surface area contributed by atoms with Crippen molar-refractivity contribution in [2.24, 2.45) is 0 Å². The van der Waals surface area contributed by atoms with Gasteiger partial charge in [0.1, 0.15) is 40.3 Å². The third-order valence-corrected chi connectivity index (χ3v) is 5.70. The summed E-state index contributed by atoms with van der Waals surface area (Å²) in [6, 6.07) is 12.8. The van der Waals surface area contributed by atoms with Crippen LogP contribution in [0.2, 0.25) is 0 Å². The number of fused-ring (bicyclic) bond motifs is 6. The summed E-state index contributed by atoms with van der Waals surface area (Å²) < 4.78 is 17.5. The molecule has 4 aromatic rings. The zero-order valence-corrected chi connectivity index (χ0v) is 16.2. The van der Waals surface area contributed by atoms with E-state index in [2.05, 4.69) is 0 Å². The van der Waals surface area contributed by atoms with Gasteiger partial charge in [-0.3, -0.25) is 4.79 Å². The summed E-state index contributed by atoms with van der Waals surface area (Å²) in [6.45, 7) is 3.37. The van der Waals surface area contributed by atoms with Crippen molar-refractivity contribution in [1.82, 2.24) is 0 Å². The maximum atomic E-state index is 13.6. The molecule has 6 heteroatoms. The van der Waals surface area contributed by atoms with Gasteiger partial charge in [0.15, 0.2) is 5.58 Å². The van der Waals surface area contributed by atoms with Crippen LogP contribution in [0.5, 0.6) is 11.5 Å². The monoisotopic (exact) mass is 392 g/mol. The molecule has 0 amide bonds. The molecule has 0 bridgehead atoms. The zero-order chi connectivity index (χ0) is 20.5. The summed E-state index contributed by atoms with van der Waals surface area (Å²) in [5, 5.41) is 23.7. The summed E-state index contributed by atoms with van der Waals surface area (Å²) >= 11 is 0. The molecule has 1 aliphatic rings. The summed E-state index contributed by atoms with van der Waals surface area (Å²) in [6.07, 6.45) is -2.47. The summed E-state index contributed by atoms with van der Waals surface area (Å²) in [4.78, 5) is 13.6. The van der Waals surface area contributed by atoms with E-state index in [1.807, 2.05) is 30.3 Å². The molecule has 0 spiro atoms. The average molecular weight is 392 g/mol. The van der Waals surface area contributed by atoms with Gasteiger partial charge < -0.3 is 24.1 Å². The van der Waals surface area contributed by atoms with Crippen LogP contribution in [0.25, 0.3) is 32.7 Å². The van der Waals surface area contributed by atoms with E-state index >= 15 is 0 Å². The minimum absolute atomic E-state index is 0.161. The summed E-state index contributed by atoms with van der Waals surface area (Å²) in [5.41, 5.74) is -0.472. The van der Waals surface area contributed by atoms with Crippen molar-refractivity contribution in [2.45, 2.75) is 31.7 Å². The second-order valence-corrected chi connectivity index (χ2v) is 7.88. The van der Waals surface area contributed by atoms with Crippen LogP contribution in [0.4, 0.5) is 0 Å². The van der Waals surface area contributed by atoms with Crippen LogP contribution in [0.15, 0.2) is 51.7 Å². The van der Waals surface area contributed by atoms with Gasteiger partial charge in [-0.15, -0.1) is 0 Å². The van der Waals surface area contributed by atoms with Gasteiger partial charge in [-0.1, -0.05) is 30.3 Å². The van der Waals surface area contributed by atoms with E-state index < -0.39 is 17.8 Å². The van der Waals surface area contributed by atoms with Gasteiger partial charge >= 0.3 is 0 Å². The van der Waals surface area contributed by atoms with Crippen LogP contribution < -0.4 is 14.9 Å². The van der Waals surface area contributed by atoms with E-state index in [1.54, 1.807) is 26.0 Å². The van der Waals surface area contributed by atoms with Crippen molar-refractivity contribution >= 4 is 32.7 Å². The lowest BCUT2D eigenvalue weighted by Crippen LogP contribution is -2.48. The van der Waals surface area contributed by atoms with E-state index in [0.29, 0.717) is 22.5 Å². The van der Waals surface area contributed by atoms with Gasteiger partial charge in [-0.25, -0.2) is 0 Å². The highest BCUT2D eigenvalue weighted by Crippen LogP contribution is 2.46. The number of ether oxygens (including phenoxy) is 2. The fourth-order valence-electron chi connectivity index (χ4n) is 4.16.